The molecular formula is C8H4Cl2N2O2. The summed E-state index contributed by atoms with van der Waals surface area (Å²) >= 11 is 11.0. The molecule has 0 amide bonds. The number of hydrogen-bond donors (Lipinski definition) is 2. The lowest BCUT2D eigenvalue weighted by atomic mass is 9.89. The second kappa shape index (κ2) is 3.27. The van der Waals surface area contributed by atoms with Gasteiger partial charge in [-0.25, -0.2) is 0 Å². The van der Waals surface area contributed by atoms with Crippen molar-refractivity contribution in [2.75, 3.05) is 0 Å². The molecule has 1 rings (SSSR count). The maximum Gasteiger partial charge on any atom is 0.207 e. The minimum atomic E-state index is -2.12. The number of rotatable bonds is 0. The first kappa shape index (κ1) is 11.0. The van der Waals surface area contributed by atoms with Crippen LogP contribution in [0, 0.1) is 22.7 Å². The minimum absolute atomic E-state index is 0.317. The van der Waals surface area contributed by atoms with Crippen LogP contribution in [0.15, 0.2) is 22.8 Å². The van der Waals surface area contributed by atoms with Gasteiger partial charge < -0.3 is 10.2 Å². The first-order valence-corrected chi connectivity index (χ1v) is 4.18. The standard InChI is InChI=1S/C8H4Cl2N2O2/c9-6-2-7(13,4-12)5(3-11)1-8(6,10)14/h1-2,13-14H. The van der Waals surface area contributed by atoms with Crippen LogP contribution in [-0.2, 0) is 0 Å². The van der Waals surface area contributed by atoms with Crippen LogP contribution in [-0.4, -0.2) is 20.9 Å². The lowest BCUT2D eigenvalue weighted by Gasteiger charge is -2.26. The summed E-state index contributed by atoms with van der Waals surface area (Å²) in [5, 5.41) is 33.8. The van der Waals surface area contributed by atoms with Gasteiger partial charge in [-0.1, -0.05) is 23.2 Å². The van der Waals surface area contributed by atoms with E-state index in [0.717, 1.165) is 12.2 Å². The Kier molecular flexibility index (Phi) is 2.58. The van der Waals surface area contributed by atoms with E-state index in [4.69, 9.17) is 33.7 Å². The van der Waals surface area contributed by atoms with Crippen LogP contribution in [0.2, 0.25) is 0 Å². The Labute approximate surface area is 89.9 Å². The first-order chi connectivity index (χ1) is 6.35. The summed E-state index contributed by atoms with van der Waals surface area (Å²) in [6, 6.07) is 3.05. The minimum Gasteiger partial charge on any atom is -0.368 e. The molecule has 0 aromatic heterocycles. The van der Waals surface area contributed by atoms with Gasteiger partial charge in [-0.2, -0.15) is 10.5 Å². The van der Waals surface area contributed by atoms with Crippen LogP contribution in [0.4, 0.5) is 0 Å². The van der Waals surface area contributed by atoms with Gasteiger partial charge in [0.15, 0.2) is 5.06 Å². The van der Waals surface area contributed by atoms with E-state index < -0.39 is 10.7 Å². The van der Waals surface area contributed by atoms with Gasteiger partial charge in [-0.3, -0.25) is 0 Å². The van der Waals surface area contributed by atoms with Crippen molar-refractivity contribution < 1.29 is 10.2 Å². The molecule has 0 spiro atoms. The predicted octanol–water partition coefficient (Wildman–Crippen LogP) is 0.755. The summed E-state index contributed by atoms with van der Waals surface area (Å²) in [6.45, 7) is 0. The van der Waals surface area contributed by atoms with Gasteiger partial charge in [0.05, 0.1) is 16.7 Å². The highest BCUT2D eigenvalue weighted by atomic mass is 35.5. The molecule has 1 aliphatic rings. The van der Waals surface area contributed by atoms with Crippen molar-refractivity contribution in [2.45, 2.75) is 10.7 Å². The fourth-order valence-corrected chi connectivity index (χ4v) is 1.32. The van der Waals surface area contributed by atoms with E-state index >= 15 is 0 Å². The topological polar surface area (TPSA) is 88.0 Å². The van der Waals surface area contributed by atoms with E-state index in [0.29, 0.717) is 0 Å². The summed E-state index contributed by atoms with van der Waals surface area (Å²) in [6.07, 6.45) is 1.67. The lowest BCUT2D eigenvalue weighted by molar-refractivity contribution is 0.169. The van der Waals surface area contributed by atoms with Crippen molar-refractivity contribution in [3.8, 4) is 12.1 Å². The fraction of sp³-hybridized carbons (Fsp3) is 0.250. The third kappa shape index (κ3) is 1.61. The Bertz CT molecular complexity index is 414. The molecule has 2 atom stereocenters. The second-order valence-electron chi connectivity index (χ2n) is 2.71. The van der Waals surface area contributed by atoms with Crippen LogP contribution in [0.5, 0.6) is 0 Å². The average molecular weight is 231 g/mol. The molecule has 0 aliphatic heterocycles. The maximum atomic E-state index is 9.56. The van der Waals surface area contributed by atoms with Gasteiger partial charge in [0.25, 0.3) is 0 Å². The maximum absolute atomic E-state index is 9.56. The van der Waals surface area contributed by atoms with E-state index in [2.05, 4.69) is 0 Å². The van der Waals surface area contributed by atoms with Gasteiger partial charge >= 0.3 is 0 Å². The molecule has 4 nitrogen and oxygen atoms in total. The zero-order valence-electron chi connectivity index (χ0n) is 6.70. The number of alkyl halides is 1. The molecule has 0 bridgehead atoms. The molecule has 0 fully saturated rings. The second-order valence-corrected chi connectivity index (χ2v) is 3.70. The van der Waals surface area contributed by atoms with Crippen molar-refractivity contribution in [2.24, 2.45) is 0 Å². The summed E-state index contributed by atoms with van der Waals surface area (Å²) in [7, 11) is 0. The SMILES string of the molecule is N#CC1=CC(O)(Cl)C(Cl)=CC1(O)C#N. The molecule has 2 N–H and O–H groups in total. The van der Waals surface area contributed by atoms with E-state index in [1.165, 1.54) is 6.07 Å². The largest absolute Gasteiger partial charge is 0.368 e. The normalized spacial score (nSPS) is 36.4. The number of nitrogens with zero attached hydrogens (tertiary/aromatic N) is 2. The lowest BCUT2D eigenvalue weighted by Crippen LogP contribution is -2.35. The Morgan fingerprint density at radius 3 is 2.29 bits per heavy atom. The third-order valence-corrected chi connectivity index (χ3v) is 2.51. The molecule has 14 heavy (non-hydrogen) atoms. The summed E-state index contributed by atoms with van der Waals surface area (Å²) in [5.74, 6) is 0. The number of halogens is 2. The molecule has 2 unspecified atom stereocenters. The van der Waals surface area contributed by atoms with Crippen LogP contribution < -0.4 is 0 Å². The van der Waals surface area contributed by atoms with E-state index in [1.807, 2.05) is 0 Å². The highest BCUT2D eigenvalue weighted by Crippen LogP contribution is 2.37. The average Bonchev–Trinajstić information content (AvgIpc) is 2.12. The van der Waals surface area contributed by atoms with E-state index in [1.54, 1.807) is 6.07 Å². The third-order valence-electron chi connectivity index (χ3n) is 1.71. The highest BCUT2D eigenvalue weighted by Gasteiger charge is 2.41. The number of nitriles is 2. The smallest absolute Gasteiger partial charge is 0.207 e. The quantitative estimate of drug-likeness (QED) is 0.475. The first-order valence-electron chi connectivity index (χ1n) is 3.43. The van der Waals surface area contributed by atoms with Gasteiger partial charge in [-0.05, 0) is 12.2 Å². The van der Waals surface area contributed by atoms with Gasteiger partial charge in [-0.15, -0.1) is 0 Å². The Morgan fingerprint density at radius 1 is 1.29 bits per heavy atom. The molecule has 72 valence electrons. The molecule has 0 heterocycles. The summed E-state index contributed by atoms with van der Waals surface area (Å²) in [4.78, 5) is 0. The predicted molar refractivity (Wildman–Crippen MR) is 49.0 cm³/mol. The van der Waals surface area contributed by atoms with Crippen LogP contribution in [0.1, 0.15) is 0 Å². The molecule has 0 aromatic rings. The van der Waals surface area contributed by atoms with E-state index in [-0.39, 0.29) is 10.6 Å². The molecule has 0 saturated carbocycles. The van der Waals surface area contributed by atoms with Crippen molar-refractivity contribution in [1.29, 1.82) is 10.5 Å². The highest BCUT2D eigenvalue weighted by molar-refractivity contribution is 6.39. The van der Waals surface area contributed by atoms with Crippen molar-refractivity contribution in [3.63, 3.8) is 0 Å². The molecule has 0 radical (unpaired) electrons. The number of hydrogen-bond acceptors (Lipinski definition) is 4. The Balaban J connectivity index is 3.34. The van der Waals surface area contributed by atoms with Crippen molar-refractivity contribution in [3.05, 3.63) is 22.8 Å². The molecule has 0 saturated heterocycles. The summed E-state index contributed by atoms with van der Waals surface area (Å²) in [5.41, 5.74) is -2.48. The van der Waals surface area contributed by atoms with Crippen LogP contribution >= 0.6 is 23.2 Å². The van der Waals surface area contributed by atoms with Crippen LogP contribution in [0.3, 0.4) is 0 Å². The van der Waals surface area contributed by atoms with Gasteiger partial charge in [0.2, 0.25) is 5.60 Å². The molecule has 1 aliphatic carbocycles. The molecule has 0 aromatic carbocycles. The Hall–Kier alpha value is -1.04. The fourth-order valence-electron chi connectivity index (χ4n) is 0.943. The van der Waals surface area contributed by atoms with E-state index in [9.17, 15) is 10.2 Å². The van der Waals surface area contributed by atoms with Crippen molar-refractivity contribution in [1.82, 2.24) is 0 Å². The number of aliphatic hydroxyl groups is 2. The van der Waals surface area contributed by atoms with Gasteiger partial charge in [0.1, 0.15) is 6.07 Å². The monoisotopic (exact) mass is 230 g/mol. The van der Waals surface area contributed by atoms with Crippen LogP contribution in [0.25, 0.3) is 0 Å². The Morgan fingerprint density at radius 2 is 1.86 bits per heavy atom. The summed E-state index contributed by atoms with van der Waals surface area (Å²) < 4.78 is 0. The zero-order chi connectivity index (χ0) is 11.0. The molecular weight excluding hydrogens is 227 g/mol. The van der Waals surface area contributed by atoms with Gasteiger partial charge in [0, 0.05) is 0 Å². The molecule has 6 heteroatoms. The zero-order valence-corrected chi connectivity index (χ0v) is 8.21. The van der Waals surface area contributed by atoms with Crippen molar-refractivity contribution >= 4 is 23.2 Å².